The summed E-state index contributed by atoms with van der Waals surface area (Å²) in [5, 5.41) is 0. The minimum Gasteiger partial charge on any atom is -0.543 e. The molecule has 0 unspecified atom stereocenters. The van der Waals surface area contributed by atoms with Gasteiger partial charge in [0.25, 0.3) is 8.32 Å². The van der Waals surface area contributed by atoms with Gasteiger partial charge in [-0.1, -0.05) is 90.8 Å². The Labute approximate surface area is 152 Å². The molecule has 2 heteroatoms. The highest BCUT2D eigenvalue weighted by molar-refractivity contribution is 6.74. The average Bonchev–Trinajstić information content (AvgIpc) is 2.62. The maximum absolute atomic E-state index is 6.98. The van der Waals surface area contributed by atoms with Gasteiger partial charge in [-0.15, -0.1) is 0 Å². The highest BCUT2D eigenvalue weighted by Crippen LogP contribution is 2.33. The zero-order valence-electron chi connectivity index (χ0n) is 16.7. The van der Waals surface area contributed by atoms with Gasteiger partial charge in [0.05, 0.1) is 0 Å². The minimum atomic E-state index is -1.67. The van der Waals surface area contributed by atoms with E-state index in [0.717, 1.165) is 6.42 Å². The normalized spacial score (nSPS) is 11.7. The smallest absolute Gasteiger partial charge is 0.251 e. The van der Waals surface area contributed by atoms with Crippen LogP contribution in [0.25, 0.3) is 0 Å². The van der Waals surface area contributed by atoms with Gasteiger partial charge in [-0.3, -0.25) is 0 Å². The van der Waals surface area contributed by atoms with Crippen LogP contribution in [0.2, 0.25) is 18.1 Å². The Morgan fingerprint density at radius 2 is 1.21 bits per heavy atom. The maximum Gasteiger partial charge on any atom is 0.251 e. The van der Waals surface area contributed by atoms with Crippen LogP contribution in [0.15, 0.2) is 24.3 Å². The second-order valence-electron chi connectivity index (χ2n) is 7.31. The first kappa shape index (κ1) is 21.3. The van der Waals surface area contributed by atoms with Crippen LogP contribution < -0.4 is 4.43 Å². The van der Waals surface area contributed by atoms with Crippen LogP contribution in [-0.4, -0.2) is 8.32 Å². The lowest BCUT2D eigenvalue weighted by Crippen LogP contribution is -2.41. The lowest BCUT2D eigenvalue weighted by Gasteiger charge is -2.33. The van der Waals surface area contributed by atoms with Crippen molar-refractivity contribution in [3.05, 3.63) is 29.8 Å². The molecule has 0 atom stereocenters. The molecule has 24 heavy (non-hydrogen) atoms. The molecule has 0 saturated carbocycles. The SMILES string of the molecule is CCCCc1ccccc1O[Si](CCCC)(CCCC)CCCC. The van der Waals surface area contributed by atoms with Crippen molar-refractivity contribution in [1.82, 2.24) is 0 Å². The van der Waals surface area contributed by atoms with Gasteiger partial charge >= 0.3 is 0 Å². The van der Waals surface area contributed by atoms with Gasteiger partial charge in [0.15, 0.2) is 0 Å². The van der Waals surface area contributed by atoms with E-state index in [9.17, 15) is 0 Å². The van der Waals surface area contributed by atoms with Crippen molar-refractivity contribution >= 4 is 8.32 Å². The van der Waals surface area contributed by atoms with Gasteiger partial charge < -0.3 is 4.43 Å². The Kier molecular flexibility index (Phi) is 11.2. The number of benzene rings is 1. The summed E-state index contributed by atoms with van der Waals surface area (Å²) in [5.41, 5.74) is 1.43. The third-order valence-electron chi connectivity index (χ3n) is 5.06. The molecule has 0 fully saturated rings. The molecular formula is C22H40OSi. The van der Waals surface area contributed by atoms with E-state index in [1.54, 1.807) is 0 Å². The quantitative estimate of drug-likeness (QED) is 0.312. The van der Waals surface area contributed by atoms with Crippen molar-refractivity contribution in [2.24, 2.45) is 0 Å². The van der Waals surface area contributed by atoms with Crippen molar-refractivity contribution in [2.45, 2.75) is 104 Å². The van der Waals surface area contributed by atoms with Gasteiger partial charge in [-0.2, -0.15) is 0 Å². The van der Waals surface area contributed by atoms with Crippen molar-refractivity contribution < 1.29 is 4.43 Å². The maximum atomic E-state index is 6.98. The van der Waals surface area contributed by atoms with Crippen molar-refractivity contribution in [1.29, 1.82) is 0 Å². The van der Waals surface area contributed by atoms with E-state index in [-0.39, 0.29) is 0 Å². The van der Waals surface area contributed by atoms with Crippen LogP contribution in [0.5, 0.6) is 5.75 Å². The molecule has 0 aliphatic rings. The fraction of sp³-hybridized carbons (Fsp3) is 0.727. The number of para-hydroxylation sites is 1. The number of rotatable bonds is 14. The number of hydrogen-bond acceptors (Lipinski definition) is 1. The Morgan fingerprint density at radius 3 is 1.71 bits per heavy atom. The standard InChI is InChI=1S/C22H40OSi/c1-5-9-15-21-16-13-14-17-22(21)23-24(18-10-6-2,19-11-7-3)20-12-8-4/h13-14,16-17H,5-12,15,18-20H2,1-4H3. The minimum absolute atomic E-state index is 1.16. The van der Waals surface area contributed by atoms with E-state index in [0.29, 0.717) is 0 Å². The third kappa shape index (κ3) is 7.42. The molecule has 0 saturated heterocycles. The lowest BCUT2D eigenvalue weighted by molar-refractivity contribution is 0.503. The summed E-state index contributed by atoms with van der Waals surface area (Å²) < 4.78 is 6.98. The predicted molar refractivity (Wildman–Crippen MR) is 111 cm³/mol. The van der Waals surface area contributed by atoms with Gasteiger partial charge in [-0.05, 0) is 42.6 Å². The summed E-state index contributed by atoms with van der Waals surface area (Å²) in [7, 11) is -1.67. The molecule has 1 aromatic rings. The molecule has 138 valence electrons. The molecular weight excluding hydrogens is 308 g/mol. The van der Waals surface area contributed by atoms with Gasteiger partial charge in [0.1, 0.15) is 5.75 Å². The van der Waals surface area contributed by atoms with Crippen LogP contribution in [0.1, 0.15) is 84.6 Å². The van der Waals surface area contributed by atoms with E-state index in [4.69, 9.17) is 4.43 Å². The molecule has 1 rings (SSSR count). The van der Waals surface area contributed by atoms with E-state index in [1.165, 1.54) is 80.8 Å². The molecule has 0 aromatic heterocycles. The van der Waals surface area contributed by atoms with Crippen LogP contribution in [0.3, 0.4) is 0 Å². The zero-order valence-corrected chi connectivity index (χ0v) is 17.7. The van der Waals surface area contributed by atoms with Crippen LogP contribution in [-0.2, 0) is 6.42 Å². The zero-order chi connectivity index (χ0) is 17.7. The molecule has 0 amide bonds. The fourth-order valence-corrected chi connectivity index (χ4v) is 8.15. The predicted octanol–water partition coefficient (Wildman–Crippen LogP) is 7.75. The van der Waals surface area contributed by atoms with Gasteiger partial charge in [0.2, 0.25) is 0 Å². The molecule has 1 aromatic carbocycles. The van der Waals surface area contributed by atoms with Crippen molar-refractivity contribution in [2.75, 3.05) is 0 Å². The summed E-state index contributed by atoms with van der Waals surface area (Å²) in [4.78, 5) is 0. The summed E-state index contributed by atoms with van der Waals surface area (Å²) in [6.07, 6.45) is 11.5. The largest absolute Gasteiger partial charge is 0.543 e. The Morgan fingerprint density at radius 1 is 0.708 bits per heavy atom. The summed E-state index contributed by atoms with van der Waals surface area (Å²) in [6, 6.07) is 12.9. The van der Waals surface area contributed by atoms with Gasteiger partial charge in [0, 0.05) is 0 Å². The van der Waals surface area contributed by atoms with E-state index < -0.39 is 8.32 Å². The molecule has 0 N–H and O–H groups in total. The summed E-state index contributed by atoms with van der Waals surface area (Å²) in [5.74, 6) is 1.21. The first-order valence-electron chi connectivity index (χ1n) is 10.5. The first-order valence-corrected chi connectivity index (χ1v) is 13.0. The van der Waals surface area contributed by atoms with Crippen LogP contribution >= 0.6 is 0 Å². The first-order chi connectivity index (χ1) is 11.7. The second kappa shape index (κ2) is 12.6. The fourth-order valence-electron chi connectivity index (χ4n) is 3.44. The molecule has 1 nitrogen and oxygen atoms in total. The lowest BCUT2D eigenvalue weighted by atomic mass is 10.1. The highest BCUT2D eigenvalue weighted by atomic mass is 28.4. The van der Waals surface area contributed by atoms with E-state index in [2.05, 4.69) is 52.0 Å². The van der Waals surface area contributed by atoms with Crippen molar-refractivity contribution in [3.8, 4) is 5.75 Å². The van der Waals surface area contributed by atoms with E-state index in [1.807, 2.05) is 0 Å². The number of unbranched alkanes of at least 4 members (excludes halogenated alkanes) is 4. The molecule has 0 spiro atoms. The molecule has 0 heterocycles. The number of hydrogen-bond donors (Lipinski definition) is 0. The Bertz CT molecular complexity index is 408. The monoisotopic (exact) mass is 348 g/mol. The number of aryl methyl sites for hydroxylation is 1. The average molecular weight is 349 g/mol. The Hall–Kier alpha value is -0.763. The Balaban J connectivity index is 2.99. The molecule has 0 bridgehead atoms. The van der Waals surface area contributed by atoms with E-state index >= 15 is 0 Å². The summed E-state index contributed by atoms with van der Waals surface area (Å²) >= 11 is 0. The third-order valence-corrected chi connectivity index (χ3v) is 9.50. The second-order valence-corrected chi connectivity index (χ2v) is 11.4. The summed E-state index contributed by atoms with van der Waals surface area (Å²) in [6.45, 7) is 9.21. The molecule has 0 aliphatic carbocycles. The van der Waals surface area contributed by atoms with Crippen LogP contribution in [0.4, 0.5) is 0 Å². The molecule has 0 aliphatic heterocycles. The highest BCUT2D eigenvalue weighted by Gasteiger charge is 2.35. The van der Waals surface area contributed by atoms with Crippen LogP contribution in [0, 0.1) is 0 Å². The van der Waals surface area contributed by atoms with Crippen molar-refractivity contribution in [3.63, 3.8) is 0 Å². The topological polar surface area (TPSA) is 9.23 Å². The van der Waals surface area contributed by atoms with Gasteiger partial charge in [-0.25, -0.2) is 0 Å². The molecule has 0 radical (unpaired) electrons.